The Morgan fingerprint density at radius 3 is 2.26 bits per heavy atom. The fourth-order valence-electron chi connectivity index (χ4n) is 4.72. The Labute approximate surface area is 118 Å². The van der Waals surface area contributed by atoms with Crippen molar-refractivity contribution in [3.8, 4) is 0 Å². The van der Waals surface area contributed by atoms with E-state index in [9.17, 15) is 5.11 Å². The zero-order valence-electron chi connectivity index (χ0n) is 12.3. The lowest BCUT2D eigenvalue weighted by Crippen LogP contribution is -2.46. The maximum Gasteiger partial charge on any atom is 0.0546 e. The summed E-state index contributed by atoms with van der Waals surface area (Å²) in [6, 6.07) is 0.787. The molecule has 0 heterocycles. The van der Waals surface area contributed by atoms with Crippen LogP contribution in [0.25, 0.3) is 0 Å². The van der Waals surface area contributed by atoms with Gasteiger partial charge in [-0.15, -0.1) is 0 Å². The predicted octanol–water partition coefficient (Wildman–Crippen LogP) is 3.49. The van der Waals surface area contributed by atoms with Crippen LogP contribution in [-0.4, -0.2) is 23.8 Å². The van der Waals surface area contributed by atoms with Crippen LogP contribution in [0.5, 0.6) is 0 Å². The Balaban J connectivity index is 1.48. The molecule has 3 aliphatic carbocycles. The molecule has 0 aromatic rings. The van der Waals surface area contributed by atoms with Crippen molar-refractivity contribution < 1.29 is 5.11 Å². The van der Waals surface area contributed by atoms with Gasteiger partial charge in [0, 0.05) is 6.04 Å². The molecule has 2 heteroatoms. The summed E-state index contributed by atoms with van der Waals surface area (Å²) in [5.74, 6) is 2.72. The van der Waals surface area contributed by atoms with E-state index in [1.54, 1.807) is 0 Å². The third-order valence-corrected chi connectivity index (χ3v) is 5.95. The van der Waals surface area contributed by atoms with Gasteiger partial charge in [-0.3, -0.25) is 0 Å². The van der Waals surface area contributed by atoms with Crippen molar-refractivity contribution in [2.24, 2.45) is 17.8 Å². The molecule has 19 heavy (non-hydrogen) atoms. The van der Waals surface area contributed by atoms with Gasteiger partial charge in [0.15, 0.2) is 0 Å². The van der Waals surface area contributed by atoms with Crippen LogP contribution in [-0.2, 0) is 0 Å². The second-order valence-electron chi connectivity index (χ2n) is 7.35. The number of nitrogens with one attached hydrogen (secondary N) is 1. The first-order valence-corrected chi connectivity index (χ1v) is 8.74. The largest absolute Gasteiger partial charge is 0.393 e. The summed E-state index contributed by atoms with van der Waals surface area (Å²) in [5.41, 5.74) is 0. The van der Waals surface area contributed by atoms with E-state index in [4.69, 9.17) is 0 Å². The summed E-state index contributed by atoms with van der Waals surface area (Å²) in [7, 11) is 0. The van der Waals surface area contributed by atoms with Gasteiger partial charge in [0.2, 0.25) is 0 Å². The molecule has 2 nitrogen and oxygen atoms in total. The fraction of sp³-hybridized carbons (Fsp3) is 1.00. The number of rotatable bonds is 4. The number of aliphatic hydroxyl groups is 1. The van der Waals surface area contributed by atoms with Gasteiger partial charge >= 0.3 is 0 Å². The molecule has 0 spiro atoms. The number of hydrogen-bond acceptors (Lipinski definition) is 2. The van der Waals surface area contributed by atoms with E-state index in [1.165, 1.54) is 57.8 Å². The first kappa shape index (κ1) is 13.9. The van der Waals surface area contributed by atoms with Gasteiger partial charge in [0.25, 0.3) is 0 Å². The summed E-state index contributed by atoms with van der Waals surface area (Å²) in [6.45, 7) is 1.16. The first-order valence-electron chi connectivity index (χ1n) is 8.74. The Morgan fingerprint density at radius 2 is 1.53 bits per heavy atom. The van der Waals surface area contributed by atoms with Crippen LogP contribution in [0.3, 0.4) is 0 Å². The van der Waals surface area contributed by atoms with Crippen LogP contribution >= 0.6 is 0 Å². The van der Waals surface area contributed by atoms with Crippen molar-refractivity contribution >= 4 is 0 Å². The molecule has 0 radical (unpaired) electrons. The molecule has 0 saturated heterocycles. The van der Waals surface area contributed by atoms with Crippen LogP contribution in [0, 0.1) is 17.8 Å². The van der Waals surface area contributed by atoms with Crippen molar-refractivity contribution in [1.82, 2.24) is 5.32 Å². The summed E-state index contributed by atoms with van der Waals surface area (Å²) in [5, 5.41) is 13.3. The fourth-order valence-corrected chi connectivity index (χ4v) is 4.72. The van der Waals surface area contributed by atoms with E-state index in [-0.39, 0.29) is 6.10 Å². The van der Waals surface area contributed by atoms with Crippen molar-refractivity contribution in [2.75, 3.05) is 6.54 Å². The molecule has 3 aliphatic rings. The zero-order chi connectivity index (χ0) is 13.1. The minimum absolute atomic E-state index is 0.00676. The molecule has 0 aliphatic heterocycles. The van der Waals surface area contributed by atoms with E-state index in [2.05, 4.69) is 5.32 Å². The molecule has 2 N–H and O–H groups in total. The molecule has 0 aromatic heterocycles. The Bertz CT molecular complexity index is 268. The molecular formula is C17H31NO. The molecule has 0 aromatic carbocycles. The van der Waals surface area contributed by atoms with Crippen molar-refractivity contribution in [1.29, 1.82) is 0 Å². The van der Waals surface area contributed by atoms with Crippen molar-refractivity contribution in [3.63, 3.8) is 0 Å². The molecule has 0 amide bonds. The van der Waals surface area contributed by atoms with Crippen molar-refractivity contribution in [3.05, 3.63) is 0 Å². The smallest absolute Gasteiger partial charge is 0.0546 e. The molecule has 2 unspecified atom stereocenters. The van der Waals surface area contributed by atoms with Crippen LogP contribution in [0.4, 0.5) is 0 Å². The average molecular weight is 265 g/mol. The highest BCUT2D eigenvalue weighted by Gasteiger charge is 2.34. The van der Waals surface area contributed by atoms with Gasteiger partial charge in [0.05, 0.1) is 6.10 Å². The topological polar surface area (TPSA) is 32.3 Å². The Kier molecular flexibility index (Phi) is 4.81. The van der Waals surface area contributed by atoms with Crippen LogP contribution in [0.15, 0.2) is 0 Å². The van der Waals surface area contributed by atoms with Gasteiger partial charge in [-0.2, -0.15) is 0 Å². The quantitative estimate of drug-likeness (QED) is 0.815. The third-order valence-electron chi connectivity index (χ3n) is 5.95. The van der Waals surface area contributed by atoms with Gasteiger partial charge in [0.1, 0.15) is 0 Å². The Morgan fingerprint density at radius 1 is 0.842 bits per heavy atom. The number of hydrogen-bond donors (Lipinski definition) is 2. The molecular weight excluding hydrogens is 234 g/mol. The van der Waals surface area contributed by atoms with E-state index >= 15 is 0 Å². The van der Waals surface area contributed by atoms with Gasteiger partial charge in [-0.05, 0) is 50.0 Å². The highest BCUT2D eigenvalue weighted by Crippen LogP contribution is 2.38. The van der Waals surface area contributed by atoms with Crippen LogP contribution in [0.2, 0.25) is 0 Å². The second-order valence-corrected chi connectivity index (χ2v) is 7.35. The molecule has 3 saturated carbocycles. The highest BCUT2D eigenvalue weighted by atomic mass is 16.3. The monoisotopic (exact) mass is 265 g/mol. The minimum Gasteiger partial charge on any atom is -0.393 e. The van der Waals surface area contributed by atoms with E-state index in [0.29, 0.717) is 0 Å². The molecule has 110 valence electrons. The number of aliphatic hydroxyl groups excluding tert-OH is 1. The van der Waals surface area contributed by atoms with Crippen molar-refractivity contribution in [2.45, 2.75) is 82.8 Å². The highest BCUT2D eigenvalue weighted by molar-refractivity contribution is 4.89. The maximum atomic E-state index is 9.38. The molecule has 3 rings (SSSR count). The molecule has 0 bridgehead atoms. The van der Waals surface area contributed by atoms with E-state index < -0.39 is 0 Å². The first-order chi connectivity index (χ1) is 9.33. The third kappa shape index (κ3) is 3.52. The normalized spacial score (nSPS) is 40.9. The predicted molar refractivity (Wildman–Crippen MR) is 79.1 cm³/mol. The Hall–Kier alpha value is -0.0800. The summed E-state index contributed by atoms with van der Waals surface area (Å²) in [4.78, 5) is 0. The lowest BCUT2D eigenvalue weighted by Gasteiger charge is -2.41. The second kappa shape index (κ2) is 6.58. The summed E-state index contributed by atoms with van der Waals surface area (Å²) >= 11 is 0. The lowest BCUT2D eigenvalue weighted by atomic mass is 9.70. The standard InChI is InChI=1S/C17H31NO/c19-15-10-13(11-15)12-18-17-9-5-4-8-16(17)14-6-2-1-3-7-14/h13-19H,1-12H2. The van der Waals surface area contributed by atoms with Crippen LogP contribution in [0.1, 0.15) is 70.6 Å². The zero-order valence-corrected chi connectivity index (χ0v) is 12.3. The van der Waals surface area contributed by atoms with Gasteiger partial charge < -0.3 is 10.4 Å². The summed E-state index contributed by atoms with van der Waals surface area (Å²) in [6.07, 6.45) is 15.2. The lowest BCUT2D eigenvalue weighted by molar-refractivity contribution is 0.0379. The summed E-state index contributed by atoms with van der Waals surface area (Å²) < 4.78 is 0. The van der Waals surface area contributed by atoms with Gasteiger partial charge in [-0.25, -0.2) is 0 Å². The SMILES string of the molecule is OC1CC(CNC2CCCCC2C2CCCCC2)C1. The minimum atomic E-state index is 0.00676. The molecule has 3 fully saturated rings. The van der Waals surface area contributed by atoms with E-state index in [0.717, 1.165) is 43.2 Å². The maximum absolute atomic E-state index is 9.38. The average Bonchev–Trinajstić information content (AvgIpc) is 2.44. The van der Waals surface area contributed by atoms with E-state index in [1.807, 2.05) is 0 Å². The van der Waals surface area contributed by atoms with Gasteiger partial charge in [-0.1, -0.05) is 44.9 Å². The van der Waals surface area contributed by atoms with Crippen LogP contribution < -0.4 is 5.32 Å². The molecule has 2 atom stereocenters.